The van der Waals surface area contributed by atoms with Gasteiger partial charge in [0, 0.05) is 37.4 Å². The second-order valence-corrected chi connectivity index (χ2v) is 7.20. The molecular formula is C16H25N5S. The highest BCUT2D eigenvalue weighted by atomic mass is 32.1. The molecule has 1 aliphatic heterocycles. The van der Waals surface area contributed by atoms with Gasteiger partial charge in [-0.25, -0.2) is 9.98 Å². The van der Waals surface area contributed by atoms with Crippen molar-refractivity contribution in [3.63, 3.8) is 0 Å². The van der Waals surface area contributed by atoms with Crippen LogP contribution in [0.25, 0.3) is 4.96 Å². The lowest BCUT2D eigenvalue weighted by Gasteiger charge is -2.25. The highest BCUT2D eigenvalue weighted by Gasteiger charge is 2.33. The van der Waals surface area contributed by atoms with Gasteiger partial charge in [0.05, 0.1) is 12.2 Å². The molecule has 1 unspecified atom stereocenters. The molecule has 1 fully saturated rings. The van der Waals surface area contributed by atoms with Gasteiger partial charge in [0.15, 0.2) is 10.9 Å². The highest BCUT2D eigenvalue weighted by Crippen LogP contribution is 2.32. The maximum atomic E-state index is 4.80. The van der Waals surface area contributed by atoms with Crippen molar-refractivity contribution in [3.8, 4) is 0 Å². The number of aromatic nitrogens is 2. The molecule has 0 saturated carbocycles. The first-order valence-corrected chi connectivity index (χ1v) is 8.96. The molecular weight excluding hydrogens is 294 g/mol. The summed E-state index contributed by atoms with van der Waals surface area (Å²) < 4.78 is 2.06. The number of fused-ring (bicyclic) bond motifs is 1. The molecule has 6 heteroatoms. The zero-order chi connectivity index (χ0) is 15.6. The van der Waals surface area contributed by atoms with Crippen LogP contribution in [0.1, 0.15) is 39.3 Å². The predicted octanol–water partition coefficient (Wildman–Crippen LogP) is 2.98. The van der Waals surface area contributed by atoms with E-state index in [1.807, 2.05) is 6.20 Å². The second kappa shape index (κ2) is 6.28. The number of thiazole rings is 1. The predicted molar refractivity (Wildman–Crippen MR) is 92.5 cm³/mol. The van der Waals surface area contributed by atoms with Gasteiger partial charge in [-0.1, -0.05) is 13.8 Å². The molecule has 1 aliphatic rings. The Morgan fingerprint density at radius 1 is 1.50 bits per heavy atom. The molecule has 2 aromatic rings. The molecule has 3 heterocycles. The maximum Gasteiger partial charge on any atom is 0.194 e. The van der Waals surface area contributed by atoms with Crippen molar-refractivity contribution in [2.45, 2.75) is 40.2 Å². The standard InChI is InChI=1S/C16H25N5S/c1-4-16(3)6-7-21(12-16)14(17-5-2)18-10-13-11-20-8-9-22-15(20)19-13/h8-9,11H,4-7,10,12H2,1-3H3,(H,17,18). The average Bonchev–Trinajstić information content (AvgIpc) is 3.18. The summed E-state index contributed by atoms with van der Waals surface area (Å²) in [5.41, 5.74) is 1.45. The van der Waals surface area contributed by atoms with Crippen molar-refractivity contribution in [1.29, 1.82) is 0 Å². The molecule has 2 aromatic heterocycles. The molecule has 1 saturated heterocycles. The number of nitrogens with one attached hydrogen (secondary N) is 1. The van der Waals surface area contributed by atoms with E-state index >= 15 is 0 Å². The number of imidazole rings is 1. The Labute approximate surface area is 136 Å². The van der Waals surface area contributed by atoms with Gasteiger partial charge < -0.3 is 10.2 Å². The minimum atomic E-state index is 0.424. The molecule has 0 amide bonds. The van der Waals surface area contributed by atoms with E-state index in [0.717, 1.165) is 36.2 Å². The number of nitrogens with zero attached hydrogens (tertiary/aromatic N) is 4. The first-order chi connectivity index (χ1) is 10.6. The Balaban J connectivity index is 1.71. The van der Waals surface area contributed by atoms with Crippen molar-refractivity contribution < 1.29 is 0 Å². The van der Waals surface area contributed by atoms with E-state index in [4.69, 9.17) is 4.99 Å². The Bertz CT molecular complexity index is 630. The summed E-state index contributed by atoms with van der Waals surface area (Å²) in [5.74, 6) is 1.02. The first-order valence-electron chi connectivity index (χ1n) is 8.08. The molecule has 22 heavy (non-hydrogen) atoms. The van der Waals surface area contributed by atoms with E-state index in [1.54, 1.807) is 11.3 Å². The van der Waals surface area contributed by atoms with Gasteiger partial charge in [0.25, 0.3) is 0 Å². The van der Waals surface area contributed by atoms with Crippen LogP contribution in [0, 0.1) is 5.41 Å². The number of guanidine groups is 1. The smallest absolute Gasteiger partial charge is 0.194 e. The van der Waals surface area contributed by atoms with Crippen molar-refractivity contribution in [1.82, 2.24) is 19.6 Å². The van der Waals surface area contributed by atoms with Gasteiger partial charge in [-0.3, -0.25) is 4.40 Å². The summed E-state index contributed by atoms with van der Waals surface area (Å²) in [5, 5.41) is 5.48. The van der Waals surface area contributed by atoms with Crippen LogP contribution in [0.3, 0.4) is 0 Å². The van der Waals surface area contributed by atoms with Crippen molar-refractivity contribution >= 4 is 22.3 Å². The molecule has 120 valence electrons. The first kappa shape index (κ1) is 15.3. The van der Waals surface area contributed by atoms with Gasteiger partial charge >= 0.3 is 0 Å². The zero-order valence-corrected chi connectivity index (χ0v) is 14.5. The third-order valence-electron chi connectivity index (χ3n) is 4.58. The molecule has 0 bridgehead atoms. The Morgan fingerprint density at radius 2 is 2.36 bits per heavy atom. The van der Waals surface area contributed by atoms with Crippen LogP contribution >= 0.6 is 11.3 Å². The summed E-state index contributed by atoms with van der Waals surface area (Å²) in [6.07, 6.45) is 6.58. The van der Waals surface area contributed by atoms with Crippen molar-refractivity contribution in [3.05, 3.63) is 23.5 Å². The molecule has 1 atom stereocenters. The van der Waals surface area contributed by atoms with Gasteiger partial charge in [-0.2, -0.15) is 0 Å². The van der Waals surface area contributed by atoms with E-state index in [0.29, 0.717) is 12.0 Å². The van der Waals surface area contributed by atoms with Crippen LogP contribution in [-0.4, -0.2) is 39.9 Å². The van der Waals surface area contributed by atoms with Crippen LogP contribution in [0.15, 0.2) is 22.8 Å². The topological polar surface area (TPSA) is 44.9 Å². The number of aliphatic imine (C=N–C) groups is 1. The summed E-state index contributed by atoms with van der Waals surface area (Å²) in [7, 11) is 0. The lowest BCUT2D eigenvalue weighted by atomic mass is 9.87. The summed E-state index contributed by atoms with van der Waals surface area (Å²) in [4.78, 5) is 12.8. The fraction of sp³-hybridized carbons (Fsp3) is 0.625. The highest BCUT2D eigenvalue weighted by molar-refractivity contribution is 7.15. The van der Waals surface area contributed by atoms with E-state index in [1.165, 1.54) is 12.8 Å². The maximum absolute atomic E-state index is 4.80. The van der Waals surface area contributed by atoms with E-state index in [-0.39, 0.29) is 0 Å². The summed E-state index contributed by atoms with van der Waals surface area (Å²) in [6, 6.07) is 0. The number of rotatable bonds is 4. The lowest BCUT2D eigenvalue weighted by molar-refractivity contribution is 0.322. The third kappa shape index (κ3) is 3.11. The van der Waals surface area contributed by atoms with Gasteiger partial charge in [-0.05, 0) is 25.2 Å². The fourth-order valence-electron chi connectivity index (χ4n) is 2.93. The average molecular weight is 319 g/mol. The van der Waals surface area contributed by atoms with Crippen molar-refractivity contribution in [2.24, 2.45) is 10.4 Å². The van der Waals surface area contributed by atoms with E-state index in [2.05, 4.69) is 51.9 Å². The van der Waals surface area contributed by atoms with Crippen LogP contribution in [0.5, 0.6) is 0 Å². The largest absolute Gasteiger partial charge is 0.357 e. The molecule has 1 N–H and O–H groups in total. The van der Waals surface area contributed by atoms with Gasteiger partial charge in [-0.15, -0.1) is 11.3 Å². The minimum Gasteiger partial charge on any atom is -0.357 e. The quantitative estimate of drug-likeness (QED) is 0.696. The normalized spacial score (nSPS) is 22.7. The molecule has 0 radical (unpaired) electrons. The van der Waals surface area contributed by atoms with Crippen LogP contribution in [-0.2, 0) is 6.54 Å². The summed E-state index contributed by atoms with van der Waals surface area (Å²) >= 11 is 1.66. The van der Waals surface area contributed by atoms with E-state index < -0.39 is 0 Å². The van der Waals surface area contributed by atoms with Crippen LogP contribution in [0.4, 0.5) is 0 Å². The monoisotopic (exact) mass is 319 g/mol. The van der Waals surface area contributed by atoms with Crippen molar-refractivity contribution in [2.75, 3.05) is 19.6 Å². The zero-order valence-electron chi connectivity index (χ0n) is 13.7. The Kier molecular flexibility index (Phi) is 4.38. The third-order valence-corrected chi connectivity index (χ3v) is 5.35. The fourth-order valence-corrected chi connectivity index (χ4v) is 3.65. The molecule has 0 spiro atoms. The number of likely N-dealkylation sites (tertiary alicyclic amines) is 1. The lowest BCUT2D eigenvalue weighted by Crippen LogP contribution is -2.41. The summed E-state index contributed by atoms with van der Waals surface area (Å²) in [6.45, 7) is 10.5. The minimum absolute atomic E-state index is 0.424. The van der Waals surface area contributed by atoms with Gasteiger partial charge in [0.1, 0.15) is 0 Å². The number of hydrogen-bond donors (Lipinski definition) is 1. The van der Waals surface area contributed by atoms with E-state index in [9.17, 15) is 0 Å². The van der Waals surface area contributed by atoms with Gasteiger partial charge in [0.2, 0.25) is 0 Å². The molecule has 0 aromatic carbocycles. The molecule has 5 nitrogen and oxygen atoms in total. The SMILES string of the molecule is CCNC(=NCc1cn2ccsc2n1)N1CCC(C)(CC)C1. The molecule has 3 rings (SSSR count). The second-order valence-electron chi connectivity index (χ2n) is 6.33. The Hall–Kier alpha value is -1.56. The van der Waals surface area contributed by atoms with Crippen LogP contribution < -0.4 is 5.32 Å². The van der Waals surface area contributed by atoms with Crippen LogP contribution in [0.2, 0.25) is 0 Å². The molecule has 0 aliphatic carbocycles. The Morgan fingerprint density at radius 3 is 3.05 bits per heavy atom. The number of hydrogen-bond acceptors (Lipinski definition) is 3.